The van der Waals surface area contributed by atoms with Crippen molar-refractivity contribution in [2.24, 2.45) is 0 Å². The van der Waals surface area contributed by atoms with E-state index in [1.165, 1.54) is 283 Å². The van der Waals surface area contributed by atoms with Crippen LogP contribution in [0, 0.1) is 0 Å². The standard InChI is InChI=1S/C73H136O6/c1-4-7-10-13-16-19-22-25-28-31-33-34-35-36-37-38-39-40-43-45-48-51-54-57-60-63-66-72(75)78-69-70(68-77-71(74)65-62-59-56-53-50-47-44-41-30-27-24-21-18-15-12-9-6-3)79-73(76)67-64-61-58-55-52-49-46-42-32-29-26-23-20-17-14-11-8-5-2/h18,21,27,29-30,32,70H,4-17,19-20,22-26,28,31,33-69H2,1-3H3/b21-18-,30-27-,32-29-. The first-order valence-corrected chi connectivity index (χ1v) is 35.5. The van der Waals surface area contributed by atoms with Crippen LogP contribution in [-0.2, 0) is 28.6 Å². The Balaban J connectivity index is 4.26. The molecule has 0 aromatic carbocycles. The van der Waals surface area contributed by atoms with Gasteiger partial charge in [0.2, 0.25) is 0 Å². The van der Waals surface area contributed by atoms with E-state index in [9.17, 15) is 14.4 Å². The molecular formula is C73H136O6. The van der Waals surface area contributed by atoms with E-state index < -0.39 is 6.10 Å². The molecule has 6 nitrogen and oxygen atoms in total. The van der Waals surface area contributed by atoms with Crippen LogP contribution in [0.2, 0.25) is 0 Å². The van der Waals surface area contributed by atoms with Crippen LogP contribution in [0.5, 0.6) is 0 Å². The van der Waals surface area contributed by atoms with Crippen molar-refractivity contribution in [1.82, 2.24) is 0 Å². The number of hydrogen-bond acceptors (Lipinski definition) is 6. The fourth-order valence-corrected chi connectivity index (χ4v) is 10.8. The van der Waals surface area contributed by atoms with Gasteiger partial charge >= 0.3 is 17.9 Å². The van der Waals surface area contributed by atoms with Crippen LogP contribution < -0.4 is 0 Å². The molecule has 0 saturated carbocycles. The first-order chi connectivity index (χ1) is 39.0. The molecule has 1 unspecified atom stereocenters. The number of unbranched alkanes of at least 4 members (excludes halogenated alkanes) is 49. The Morgan fingerprint density at radius 1 is 0.253 bits per heavy atom. The minimum Gasteiger partial charge on any atom is -0.462 e. The van der Waals surface area contributed by atoms with Gasteiger partial charge in [0.15, 0.2) is 6.10 Å². The van der Waals surface area contributed by atoms with E-state index in [4.69, 9.17) is 14.2 Å². The van der Waals surface area contributed by atoms with Crippen molar-refractivity contribution in [3.05, 3.63) is 36.5 Å². The van der Waals surface area contributed by atoms with Crippen molar-refractivity contribution in [3.63, 3.8) is 0 Å². The fourth-order valence-electron chi connectivity index (χ4n) is 10.8. The van der Waals surface area contributed by atoms with Crippen molar-refractivity contribution in [3.8, 4) is 0 Å². The van der Waals surface area contributed by atoms with E-state index in [-0.39, 0.29) is 31.1 Å². The molecular weight excluding hydrogens is 973 g/mol. The molecule has 0 heterocycles. The van der Waals surface area contributed by atoms with Gasteiger partial charge in [-0.15, -0.1) is 0 Å². The second-order valence-corrected chi connectivity index (χ2v) is 24.1. The molecule has 0 saturated heterocycles. The molecule has 0 aliphatic rings. The average molecular weight is 1110 g/mol. The third kappa shape index (κ3) is 66.3. The van der Waals surface area contributed by atoms with Gasteiger partial charge in [0.1, 0.15) is 13.2 Å². The second-order valence-electron chi connectivity index (χ2n) is 24.1. The normalized spacial score (nSPS) is 12.2. The summed E-state index contributed by atoms with van der Waals surface area (Å²) in [7, 11) is 0. The van der Waals surface area contributed by atoms with Crippen LogP contribution in [0.3, 0.4) is 0 Å². The van der Waals surface area contributed by atoms with Crippen LogP contribution in [-0.4, -0.2) is 37.2 Å². The van der Waals surface area contributed by atoms with E-state index in [1.807, 2.05) is 0 Å². The fraction of sp³-hybridized carbons (Fsp3) is 0.877. The van der Waals surface area contributed by atoms with E-state index in [0.29, 0.717) is 19.3 Å². The Kier molecular flexibility index (Phi) is 66.1. The van der Waals surface area contributed by atoms with Crippen LogP contribution in [0.25, 0.3) is 0 Å². The molecule has 0 bridgehead atoms. The lowest BCUT2D eigenvalue weighted by Gasteiger charge is -2.18. The summed E-state index contributed by atoms with van der Waals surface area (Å²) in [5, 5.41) is 0. The largest absolute Gasteiger partial charge is 0.462 e. The minimum atomic E-state index is -0.777. The molecule has 1 atom stereocenters. The van der Waals surface area contributed by atoms with Crippen molar-refractivity contribution in [2.75, 3.05) is 13.2 Å². The lowest BCUT2D eigenvalue weighted by molar-refractivity contribution is -0.167. The maximum absolute atomic E-state index is 12.9. The van der Waals surface area contributed by atoms with Gasteiger partial charge in [-0.2, -0.15) is 0 Å². The Labute approximate surface area is 493 Å². The summed E-state index contributed by atoms with van der Waals surface area (Å²) < 4.78 is 17.0. The summed E-state index contributed by atoms with van der Waals surface area (Å²) in [5.74, 6) is -0.856. The number of esters is 3. The number of hydrogen-bond donors (Lipinski definition) is 0. The van der Waals surface area contributed by atoms with Crippen LogP contribution in [0.1, 0.15) is 393 Å². The third-order valence-electron chi connectivity index (χ3n) is 16.1. The predicted molar refractivity (Wildman–Crippen MR) is 344 cm³/mol. The highest BCUT2D eigenvalue weighted by Crippen LogP contribution is 2.18. The number of rotatable bonds is 66. The number of carbonyl (C=O) groups is 3. The van der Waals surface area contributed by atoms with Crippen LogP contribution >= 0.6 is 0 Å². The number of ether oxygens (including phenoxy) is 3. The van der Waals surface area contributed by atoms with Crippen LogP contribution in [0.4, 0.5) is 0 Å². The van der Waals surface area contributed by atoms with Gasteiger partial charge in [-0.1, -0.05) is 333 Å². The average Bonchev–Trinajstić information content (AvgIpc) is 3.45. The first-order valence-electron chi connectivity index (χ1n) is 35.5. The molecule has 6 heteroatoms. The van der Waals surface area contributed by atoms with Gasteiger partial charge in [-0.05, 0) is 77.0 Å². The molecule has 0 aromatic heterocycles. The third-order valence-corrected chi connectivity index (χ3v) is 16.1. The lowest BCUT2D eigenvalue weighted by atomic mass is 10.0. The molecule has 0 aliphatic carbocycles. The number of allylic oxidation sites excluding steroid dienone is 6. The van der Waals surface area contributed by atoms with Crippen molar-refractivity contribution in [1.29, 1.82) is 0 Å². The summed E-state index contributed by atoms with van der Waals surface area (Å²) in [6.07, 6.45) is 84.6. The van der Waals surface area contributed by atoms with E-state index in [1.54, 1.807) is 0 Å². The second kappa shape index (κ2) is 68.1. The highest BCUT2D eigenvalue weighted by molar-refractivity contribution is 5.71. The maximum Gasteiger partial charge on any atom is 0.306 e. The highest BCUT2D eigenvalue weighted by atomic mass is 16.6. The van der Waals surface area contributed by atoms with E-state index in [2.05, 4.69) is 57.2 Å². The molecule has 0 radical (unpaired) electrons. The smallest absolute Gasteiger partial charge is 0.306 e. The van der Waals surface area contributed by atoms with Gasteiger partial charge in [0.25, 0.3) is 0 Å². The van der Waals surface area contributed by atoms with Gasteiger partial charge in [-0.25, -0.2) is 0 Å². The summed E-state index contributed by atoms with van der Waals surface area (Å²) >= 11 is 0. The monoisotopic (exact) mass is 1110 g/mol. The molecule has 0 aromatic rings. The number of carbonyl (C=O) groups excluding carboxylic acids is 3. The van der Waals surface area contributed by atoms with Gasteiger partial charge in [-0.3, -0.25) is 14.4 Å². The van der Waals surface area contributed by atoms with Gasteiger partial charge in [0.05, 0.1) is 0 Å². The Morgan fingerprint density at radius 3 is 0.734 bits per heavy atom. The zero-order valence-corrected chi connectivity index (χ0v) is 53.4. The first kappa shape index (κ1) is 76.6. The zero-order valence-electron chi connectivity index (χ0n) is 53.4. The molecule has 79 heavy (non-hydrogen) atoms. The lowest BCUT2D eigenvalue weighted by Crippen LogP contribution is -2.30. The molecule has 464 valence electrons. The summed E-state index contributed by atoms with van der Waals surface area (Å²) in [5.41, 5.74) is 0. The summed E-state index contributed by atoms with van der Waals surface area (Å²) in [4.78, 5) is 38.4. The topological polar surface area (TPSA) is 78.9 Å². The summed E-state index contributed by atoms with van der Waals surface area (Å²) in [6.45, 7) is 6.68. The Morgan fingerprint density at radius 2 is 0.456 bits per heavy atom. The van der Waals surface area contributed by atoms with E-state index in [0.717, 1.165) is 70.6 Å². The minimum absolute atomic E-state index is 0.0718. The Bertz CT molecular complexity index is 1320. The van der Waals surface area contributed by atoms with Crippen molar-refractivity contribution in [2.45, 2.75) is 399 Å². The zero-order chi connectivity index (χ0) is 57.1. The molecule has 0 rings (SSSR count). The summed E-state index contributed by atoms with van der Waals surface area (Å²) in [6, 6.07) is 0. The Hall–Kier alpha value is -2.37. The SMILES string of the molecule is CCCCC/C=C\C/C=C\CCCCCCCCCC(=O)OCC(COC(=O)CCCCCCCCCCCCCCCCCCCCCCCCCCCC)OC(=O)CCCCCCCCC/C=C\CCCCCCCCC. The maximum atomic E-state index is 12.9. The van der Waals surface area contributed by atoms with E-state index >= 15 is 0 Å². The van der Waals surface area contributed by atoms with Crippen molar-refractivity contribution >= 4 is 17.9 Å². The molecule has 0 fully saturated rings. The predicted octanol–water partition coefficient (Wildman–Crippen LogP) is 24.3. The molecule has 0 spiro atoms. The molecule has 0 amide bonds. The quantitative estimate of drug-likeness (QED) is 0.0261. The highest BCUT2D eigenvalue weighted by Gasteiger charge is 2.19. The molecule has 0 aliphatic heterocycles. The molecule has 0 N–H and O–H groups in total. The van der Waals surface area contributed by atoms with Gasteiger partial charge < -0.3 is 14.2 Å². The van der Waals surface area contributed by atoms with Crippen LogP contribution in [0.15, 0.2) is 36.5 Å². The van der Waals surface area contributed by atoms with Gasteiger partial charge in [0, 0.05) is 19.3 Å². The van der Waals surface area contributed by atoms with Crippen molar-refractivity contribution < 1.29 is 28.6 Å².